The molecule has 0 aromatic heterocycles. The highest BCUT2D eigenvalue weighted by atomic mass is 16.6. The van der Waals surface area contributed by atoms with Gasteiger partial charge in [0.1, 0.15) is 5.57 Å². The number of imide groups is 2. The molecular weight excluding hydrogens is 380 g/mol. The quantitative estimate of drug-likeness (QED) is 0.437. The van der Waals surface area contributed by atoms with E-state index in [9.17, 15) is 19.2 Å². The van der Waals surface area contributed by atoms with E-state index in [-0.39, 0.29) is 18.2 Å². The van der Waals surface area contributed by atoms with Gasteiger partial charge in [0.2, 0.25) is 0 Å². The van der Waals surface area contributed by atoms with E-state index >= 15 is 0 Å². The average Bonchev–Trinajstić information content (AvgIpc) is 3.23. The first-order valence-electron chi connectivity index (χ1n) is 9.22. The van der Waals surface area contributed by atoms with Crippen LogP contribution in [0.5, 0.6) is 11.5 Å². The predicted octanol–water partition coefficient (Wildman–Crippen LogP) is 1.65. The lowest BCUT2D eigenvalue weighted by molar-refractivity contribution is -0.143. The fourth-order valence-electron chi connectivity index (χ4n) is 3.42. The second kappa shape index (κ2) is 8.76. The number of amides is 4. The normalized spacial score (nSPS) is 18.8. The molecule has 9 heteroatoms. The smallest absolute Gasteiger partial charge is 0.343 e. The van der Waals surface area contributed by atoms with Crippen LogP contribution in [0.1, 0.15) is 31.2 Å². The Kier molecular flexibility index (Phi) is 6.16. The second-order valence-electron chi connectivity index (χ2n) is 6.71. The fraction of sp³-hybridized carbons (Fsp3) is 0.400. The average molecular weight is 402 g/mol. The van der Waals surface area contributed by atoms with Gasteiger partial charge in [-0.2, -0.15) is 0 Å². The lowest BCUT2D eigenvalue weighted by atomic mass is 10.0. The van der Waals surface area contributed by atoms with E-state index in [0.717, 1.165) is 30.6 Å². The van der Waals surface area contributed by atoms with E-state index in [1.807, 2.05) is 0 Å². The van der Waals surface area contributed by atoms with E-state index in [1.54, 1.807) is 18.2 Å². The van der Waals surface area contributed by atoms with E-state index in [1.165, 1.54) is 20.3 Å². The number of benzene rings is 1. The van der Waals surface area contributed by atoms with Crippen molar-refractivity contribution in [3.05, 3.63) is 29.3 Å². The third-order valence-electron chi connectivity index (χ3n) is 4.89. The second-order valence-corrected chi connectivity index (χ2v) is 6.71. The van der Waals surface area contributed by atoms with Gasteiger partial charge in [-0.3, -0.25) is 19.8 Å². The summed E-state index contributed by atoms with van der Waals surface area (Å²) < 4.78 is 15.1. The molecule has 3 rings (SSSR count). The third kappa shape index (κ3) is 4.39. The molecule has 1 aliphatic carbocycles. The van der Waals surface area contributed by atoms with E-state index in [2.05, 4.69) is 10.1 Å². The standard InChI is InChI=1S/C20H22N2O7/c1-27-16-10-12(7-8-15(16)29-11-17(23)28-2)9-14-18(24)21-20(26)22(19(14)25)13-5-3-4-6-13/h7-10,13H,3-6,11H2,1-2H3,(H,21,24,26)/b14-9+. The van der Waals surface area contributed by atoms with Crippen LogP contribution in [0.2, 0.25) is 0 Å². The minimum Gasteiger partial charge on any atom is -0.493 e. The number of nitrogens with one attached hydrogen (secondary N) is 1. The zero-order valence-corrected chi connectivity index (χ0v) is 16.2. The van der Waals surface area contributed by atoms with Crippen molar-refractivity contribution < 1.29 is 33.4 Å². The molecule has 1 aromatic carbocycles. The van der Waals surface area contributed by atoms with Crippen molar-refractivity contribution in [3.63, 3.8) is 0 Å². The molecule has 2 fully saturated rings. The zero-order valence-electron chi connectivity index (χ0n) is 16.2. The van der Waals surface area contributed by atoms with Gasteiger partial charge in [-0.05, 0) is 36.6 Å². The zero-order chi connectivity index (χ0) is 21.0. The first-order chi connectivity index (χ1) is 13.9. The van der Waals surface area contributed by atoms with Crippen LogP contribution < -0.4 is 14.8 Å². The molecular formula is C20H22N2O7. The molecule has 4 amide bonds. The van der Waals surface area contributed by atoms with Crippen LogP contribution in [0, 0.1) is 0 Å². The van der Waals surface area contributed by atoms with Gasteiger partial charge in [0.25, 0.3) is 11.8 Å². The largest absolute Gasteiger partial charge is 0.493 e. The van der Waals surface area contributed by atoms with Crippen molar-refractivity contribution in [2.24, 2.45) is 0 Å². The number of urea groups is 1. The topological polar surface area (TPSA) is 111 Å². The number of esters is 1. The minimum atomic E-state index is -0.737. The Morgan fingerprint density at radius 3 is 2.55 bits per heavy atom. The highest BCUT2D eigenvalue weighted by Crippen LogP contribution is 2.30. The molecule has 0 spiro atoms. The van der Waals surface area contributed by atoms with Gasteiger partial charge < -0.3 is 14.2 Å². The van der Waals surface area contributed by atoms with Crippen molar-refractivity contribution in [2.75, 3.05) is 20.8 Å². The molecule has 29 heavy (non-hydrogen) atoms. The van der Waals surface area contributed by atoms with Gasteiger partial charge in [0.05, 0.1) is 14.2 Å². The number of rotatable bonds is 6. The molecule has 0 atom stereocenters. The summed E-state index contributed by atoms with van der Waals surface area (Å²) >= 11 is 0. The predicted molar refractivity (Wildman–Crippen MR) is 101 cm³/mol. The maximum atomic E-state index is 12.8. The summed E-state index contributed by atoms with van der Waals surface area (Å²) in [4.78, 5) is 49.6. The lowest BCUT2D eigenvalue weighted by Crippen LogP contribution is -2.57. The SMILES string of the molecule is COC(=O)COc1ccc(/C=C2\C(=O)NC(=O)N(C3CCCC3)C2=O)cc1OC. The van der Waals surface area contributed by atoms with Crippen molar-refractivity contribution in [3.8, 4) is 11.5 Å². The molecule has 0 bridgehead atoms. The van der Waals surface area contributed by atoms with Crippen molar-refractivity contribution in [1.29, 1.82) is 0 Å². The Labute approximate surface area is 167 Å². The van der Waals surface area contributed by atoms with Gasteiger partial charge in [-0.15, -0.1) is 0 Å². The molecule has 1 heterocycles. The van der Waals surface area contributed by atoms with E-state index < -0.39 is 23.8 Å². The van der Waals surface area contributed by atoms with Crippen molar-refractivity contribution in [1.82, 2.24) is 10.2 Å². The van der Waals surface area contributed by atoms with Crippen LogP contribution in [0.25, 0.3) is 6.08 Å². The summed E-state index contributed by atoms with van der Waals surface area (Å²) in [5, 5.41) is 2.24. The number of hydrogen-bond donors (Lipinski definition) is 1. The Hall–Kier alpha value is -3.36. The number of carbonyl (C=O) groups excluding carboxylic acids is 4. The molecule has 9 nitrogen and oxygen atoms in total. The maximum absolute atomic E-state index is 12.8. The van der Waals surface area contributed by atoms with Crippen LogP contribution >= 0.6 is 0 Å². The van der Waals surface area contributed by atoms with Gasteiger partial charge in [0.15, 0.2) is 18.1 Å². The van der Waals surface area contributed by atoms with Gasteiger partial charge in [0, 0.05) is 6.04 Å². The van der Waals surface area contributed by atoms with Crippen LogP contribution in [0.4, 0.5) is 4.79 Å². The highest BCUT2D eigenvalue weighted by molar-refractivity contribution is 6.31. The number of nitrogens with zero attached hydrogens (tertiary/aromatic N) is 1. The molecule has 1 aromatic rings. The fourth-order valence-corrected chi connectivity index (χ4v) is 3.42. The summed E-state index contributed by atoms with van der Waals surface area (Å²) in [5.41, 5.74) is 0.383. The monoisotopic (exact) mass is 402 g/mol. The summed E-state index contributed by atoms with van der Waals surface area (Å²) in [6, 6.07) is 3.87. The molecule has 0 unspecified atom stereocenters. The minimum absolute atomic E-state index is 0.123. The highest BCUT2D eigenvalue weighted by Gasteiger charge is 2.40. The van der Waals surface area contributed by atoms with E-state index in [0.29, 0.717) is 17.1 Å². The van der Waals surface area contributed by atoms with Crippen LogP contribution in [-0.4, -0.2) is 55.6 Å². The maximum Gasteiger partial charge on any atom is 0.343 e. The Morgan fingerprint density at radius 2 is 1.90 bits per heavy atom. The first kappa shape index (κ1) is 20.4. The molecule has 154 valence electrons. The van der Waals surface area contributed by atoms with Crippen LogP contribution in [0.15, 0.2) is 23.8 Å². The van der Waals surface area contributed by atoms with Gasteiger partial charge >= 0.3 is 12.0 Å². The Bertz CT molecular complexity index is 872. The molecule has 1 saturated heterocycles. The van der Waals surface area contributed by atoms with Gasteiger partial charge in [-0.25, -0.2) is 9.59 Å². The third-order valence-corrected chi connectivity index (χ3v) is 4.89. The van der Waals surface area contributed by atoms with Crippen LogP contribution in [-0.2, 0) is 19.1 Å². The number of hydrogen-bond acceptors (Lipinski definition) is 7. The molecule has 2 aliphatic rings. The molecule has 1 aliphatic heterocycles. The Balaban J connectivity index is 1.85. The molecule has 1 N–H and O–H groups in total. The summed E-state index contributed by atoms with van der Waals surface area (Å²) in [5.74, 6) is -1.26. The lowest BCUT2D eigenvalue weighted by Gasteiger charge is -2.31. The number of ether oxygens (including phenoxy) is 3. The first-order valence-corrected chi connectivity index (χ1v) is 9.22. The number of methoxy groups -OCH3 is 2. The Morgan fingerprint density at radius 1 is 1.17 bits per heavy atom. The summed E-state index contributed by atoms with van der Waals surface area (Å²) in [6.07, 6.45) is 4.76. The van der Waals surface area contributed by atoms with Crippen molar-refractivity contribution >= 4 is 29.9 Å². The summed E-state index contributed by atoms with van der Waals surface area (Å²) in [6.45, 7) is -0.285. The molecule has 1 saturated carbocycles. The van der Waals surface area contributed by atoms with Gasteiger partial charge in [-0.1, -0.05) is 18.9 Å². The number of carbonyl (C=O) groups is 4. The van der Waals surface area contributed by atoms with Crippen molar-refractivity contribution in [2.45, 2.75) is 31.7 Å². The van der Waals surface area contributed by atoms with E-state index in [4.69, 9.17) is 9.47 Å². The van der Waals surface area contributed by atoms with Crippen LogP contribution in [0.3, 0.4) is 0 Å². The summed E-state index contributed by atoms with van der Waals surface area (Å²) in [7, 11) is 2.68. The molecule has 0 radical (unpaired) electrons. The number of barbiturate groups is 1.